The molecule has 0 aliphatic carbocycles. The SMILES string of the molecule is Cc1cc(NCc2cccnc2)c2cccc([N+](=O)[O-])c2n1. The van der Waals surface area contributed by atoms with E-state index in [0.717, 1.165) is 22.3 Å². The Labute approximate surface area is 127 Å². The summed E-state index contributed by atoms with van der Waals surface area (Å²) in [6.07, 6.45) is 3.50. The average Bonchev–Trinajstić information content (AvgIpc) is 2.52. The topological polar surface area (TPSA) is 81.0 Å². The number of nitrogens with zero attached hydrogens (tertiary/aromatic N) is 3. The van der Waals surface area contributed by atoms with Crippen LogP contribution in [0.15, 0.2) is 48.8 Å². The quantitative estimate of drug-likeness (QED) is 0.588. The summed E-state index contributed by atoms with van der Waals surface area (Å²) in [7, 11) is 0. The summed E-state index contributed by atoms with van der Waals surface area (Å²) >= 11 is 0. The number of aryl methyl sites for hydroxylation is 1. The van der Waals surface area contributed by atoms with Gasteiger partial charge < -0.3 is 5.32 Å². The predicted molar refractivity (Wildman–Crippen MR) is 84.7 cm³/mol. The minimum atomic E-state index is -0.403. The largest absolute Gasteiger partial charge is 0.380 e. The van der Waals surface area contributed by atoms with E-state index < -0.39 is 4.92 Å². The summed E-state index contributed by atoms with van der Waals surface area (Å²) in [6, 6.07) is 10.7. The van der Waals surface area contributed by atoms with E-state index in [2.05, 4.69) is 15.3 Å². The van der Waals surface area contributed by atoms with E-state index in [1.165, 1.54) is 6.07 Å². The molecule has 6 nitrogen and oxygen atoms in total. The van der Waals surface area contributed by atoms with Crippen LogP contribution in [0.5, 0.6) is 0 Å². The first-order valence-corrected chi connectivity index (χ1v) is 6.82. The average molecular weight is 294 g/mol. The molecule has 0 saturated heterocycles. The Balaban J connectivity index is 2.02. The van der Waals surface area contributed by atoms with Gasteiger partial charge in [-0.1, -0.05) is 18.2 Å². The molecule has 2 aromatic heterocycles. The number of fused-ring (bicyclic) bond motifs is 1. The van der Waals surface area contributed by atoms with Gasteiger partial charge in [0.05, 0.1) is 4.92 Å². The molecule has 1 aromatic carbocycles. The lowest BCUT2D eigenvalue weighted by Gasteiger charge is -2.10. The molecule has 0 bridgehead atoms. The smallest absolute Gasteiger partial charge is 0.295 e. The van der Waals surface area contributed by atoms with Crippen LogP contribution in [0.3, 0.4) is 0 Å². The molecular weight excluding hydrogens is 280 g/mol. The number of pyridine rings is 2. The van der Waals surface area contributed by atoms with Crippen LogP contribution in [0.4, 0.5) is 11.4 Å². The lowest BCUT2D eigenvalue weighted by molar-refractivity contribution is -0.383. The van der Waals surface area contributed by atoms with Gasteiger partial charge in [-0.25, -0.2) is 4.98 Å². The molecule has 0 aliphatic heterocycles. The number of rotatable bonds is 4. The van der Waals surface area contributed by atoms with Crippen LogP contribution < -0.4 is 5.32 Å². The molecule has 2 heterocycles. The second-order valence-electron chi connectivity index (χ2n) is 4.96. The molecule has 6 heteroatoms. The van der Waals surface area contributed by atoms with Gasteiger partial charge in [0.1, 0.15) is 0 Å². The molecule has 0 radical (unpaired) electrons. The molecule has 22 heavy (non-hydrogen) atoms. The van der Waals surface area contributed by atoms with Gasteiger partial charge in [-0.3, -0.25) is 15.1 Å². The van der Waals surface area contributed by atoms with Crippen molar-refractivity contribution in [2.45, 2.75) is 13.5 Å². The highest BCUT2D eigenvalue weighted by Crippen LogP contribution is 2.30. The molecule has 0 amide bonds. The molecule has 0 atom stereocenters. The van der Waals surface area contributed by atoms with E-state index in [4.69, 9.17) is 0 Å². The summed E-state index contributed by atoms with van der Waals surface area (Å²) < 4.78 is 0. The maximum Gasteiger partial charge on any atom is 0.295 e. The Morgan fingerprint density at radius 2 is 2.14 bits per heavy atom. The third-order valence-electron chi connectivity index (χ3n) is 3.35. The van der Waals surface area contributed by atoms with Crippen molar-refractivity contribution in [2.75, 3.05) is 5.32 Å². The molecule has 0 aliphatic rings. The predicted octanol–water partition coefficient (Wildman–Crippen LogP) is 3.46. The number of hydrogen-bond acceptors (Lipinski definition) is 5. The Morgan fingerprint density at radius 3 is 2.86 bits per heavy atom. The number of para-hydroxylation sites is 1. The van der Waals surface area contributed by atoms with Gasteiger partial charge in [0, 0.05) is 41.8 Å². The fourth-order valence-corrected chi connectivity index (χ4v) is 2.35. The highest BCUT2D eigenvalue weighted by molar-refractivity contribution is 5.96. The number of nitro benzene ring substituents is 1. The molecule has 3 rings (SSSR count). The van der Waals surface area contributed by atoms with Gasteiger partial charge in [-0.15, -0.1) is 0 Å². The summed E-state index contributed by atoms with van der Waals surface area (Å²) in [5, 5.41) is 15.2. The Bertz CT molecular complexity index is 834. The van der Waals surface area contributed by atoms with Crippen LogP contribution in [-0.4, -0.2) is 14.9 Å². The molecule has 0 saturated carbocycles. The Morgan fingerprint density at radius 1 is 1.27 bits per heavy atom. The second-order valence-corrected chi connectivity index (χ2v) is 4.96. The standard InChI is InChI=1S/C16H14N4O2/c1-11-8-14(18-10-12-4-3-7-17-9-12)13-5-2-6-15(20(21)22)16(13)19-11/h2-9H,10H2,1H3,(H,18,19). The maximum absolute atomic E-state index is 11.2. The minimum Gasteiger partial charge on any atom is -0.380 e. The lowest BCUT2D eigenvalue weighted by Crippen LogP contribution is -2.02. The molecule has 110 valence electrons. The van der Waals surface area contributed by atoms with Gasteiger partial charge in [-0.2, -0.15) is 0 Å². The van der Waals surface area contributed by atoms with Crippen LogP contribution in [0.2, 0.25) is 0 Å². The number of nitro groups is 1. The lowest BCUT2D eigenvalue weighted by atomic mass is 10.1. The van der Waals surface area contributed by atoms with Gasteiger partial charge in [0.15, 0.2) is 5.52 Å². The zero-order chi connectivity index (χ0) is 15.5. The first-order chi connectivity index (χ1) is 10.6. The number of aromatic nitrogens is 2. The number of hydrogen-bond donors (Lipinski definition) is 1. The van der Waals surface area contributed by atoms with E-state index >= 15 is 0 Å². The number of anilines is 1. The highest BCUT2D eigenvalue weighted by atomic mass is 16.6. The van der Waals surface area contributed by atoms with Crippen molar-refractivity contribution in [1.29, 1.82) is 0 Å². The third-order valence-corrected chi connectivity index (χ3v) is 3.35. The van der Waals surface area contributed by atoms with E-state index in [1.54, 1.807) is 18.5 Å². The molecule has 1 N–H and O–H groups in total. The fraction of sp³-hybridized carbons (Fsp3) is 0.125. The Kier molecular flexibility index (Phi) is 3.65. The number of nitrogens with one attached hydrogen (secondary N) is 1. The van der Waals surface area contributed by atoms with Crippen molar-refractivity contribution in [3.8, 4) is 0 Å². The highest BCUT2D eigenvalue weighted by Gasteiger charge is 2.15. The third kappa shape index (κ3) is 2.71. The van der Waals surface area contributed by atoms with Crippen LogP contribution in [0, 0.1) is 17.0 Å². The summed E-state index contributed by atoms with van der Waals surface area (Å²) in [5.74, 6) is 0. The maximum atomic E-state index is 11.2. The van der Waals surface area contributed by atoms with Crippen molar-refractivity contribution in [3.05, 3.63) is 70.2 Å². The van der Waals surface area contributed by atoms with Crippen molar-refractivity contribution in [2.24, 2.45) is 0 Å². The van der Waals surface area contributed by atoms with Gasteiger partial charge >= 0.3 is 0 Å². The zero-order valence-corrected chi connectivity index (χ0v) is 12.0. The molecule has 3 aromatic rings. The second kappa shape index (κ2) is 5.77. The van der Waals surface area contributed by atoms with Crippen molar-refractivity contribution in [3.63, 3.8) is 0 Å². The summed E-state index contributed by atoms with van der Waals surface area (Å²) in [5.41, 5.74) is 3.02. The van der Waals surface area contributed by atoms with Crippen LogP contribution >= 0.6 is 0 Å². The fourth-order valence-electron chi connectivity index (χ4n) is 2.35. The number of benzene rings is 1. The minimum absolute atomic E-state index is 0.0191. The first-order valence-electron chi connectivity index (χ1n) is 6.82. The normalized spacial score (nSPS) is 10.6. The molecule has 0 spiro atoms. The van der Waals surface area contributed by atoms with Crippen molar-refractivity contribution in [1.82, 2.24) is 9.97 Å². The molecular formula is C16H14N4O2. The Hall–Kier alpha value is -3.02. The number of non-ortho nitro benzene ring substituents is 1. The van der Waals surface area contributed by atoms with E-state index in [0.29, 0.717) is 12.1 Å². The van der Waals surface area contributed by atoms with Gasteiger partial charge in [0.25, 0.3) is 5.69 Å². The van der Waals surface area contributed by atoms with Crippen molar-refractivity contribution >= 4 is 22.3 Å². The summed E-state index contributed by atoms with van der Waals surface area (Å²) in [4.78, 5) is 19.1. The van der Waals surface area contributed by atoms with Crippen LogP contribution in [0.25, 0.3) is 10.9 Å². The molecule has 0 fully saturated rings. The van der Waals surface area contributed by atoms with Crippen LogP contribution in [-0.2, 0) is 6.54 Å². The van der Waals surface area contributed by atoms with Gasteiger partial charge in [0.2, 0.25) is 0 Å². The van der Waals surface area contributed by atoms with E-state index in [-0.39, 0.29) is 5.69 Å². The van der Waals surface area contributed by atoms with E-state index in [1.807, 2.05) is 31.2 Å². The zero-order valence-electron chi connectivity index (χ0n) is 12.0. The van der Waals surface area contributed by atoms with Crippen LogP contribution in [0.1, 0.15) is 11.3 Å². The van der Waals surface area contributed by atoms with E-state index in [9.17, 15) is 10.1 Å². The van der Waals surface area contributed by atoms with Gasteiger partial charge in [-0.05, 0) is 24.6 Å². The molecule has 0 unspecified atom stereocenters. The van der Waals surface area contributed by atoms with Crippen molar-refractivity contribution < 1.29 is 4.92 Å². The first kappa shape index (κ1) is 13.9. The monoisotopic (exact) mass is 294 g/mol. The summed E-state index contributed by atoms with van der Waals surface area (Å²) in [6.45, 7) is 2.42.